The summed E-state index contributed by atoms with van der Waals surface area (Å²) in [4.78, 5) is 55.0. The minimum absolute atomic E-state index is 0.0487. The van der Waals surface area contributed by atoms with Crippen molar-refractivity contribution < 1.29 is 28.7 Å². The van der Waals surface area contributed by atoms with Gasteiger partial charge >= 0.3 is 5.97 Å². The van der Waals surface area contributed by atoms with Crippen molar-refractivity contribution in [1.29, 1.82) is 0 Å². The summed E-state index contributed by atoms with van der Waals surface area (Å²) in [5.74, 6) is -2.24. The highest BCUT2D eigenvalue weighted by Crippen LogP contribution is 2.33. The fourth-order valence-electron chi connectivity index (χ4n) is 4.49. The average molecular weight is 520 g/mol. The molecule has 0 saturated carbocycles. The lowest BCUT2D eigenvalue weighted by Crippen LogP contribution is -2.40. The lowest BCUT2D eigenvalue weighted by Gasteiger charge is -2.32. The molecule has 2 atom stereocenters. The third-order valence-corrected chi connectivity index (χ3v) is 6.35. The molecule has 4 rings (SSSR count). The first kappa shape index (κ1) is 26.4. The maximum absolute atomic E-state index is 14.9. The number of pyridine rings is 1. The summed E-state index contributed by atoms with van der Waals surface area (Å²) in [5, 5.41) is 10.6. The van der Waals surface area contributed by atoms with Gasteiger partial charge in [-0.3, -0.25) is 24.2 Å². The van der Waals surface area contributed by atoms with Crippen LogP contribution in [0, 0.1) is 5.82 Å². The van der Waals surface area contributed by atoms with Crippen LogP contribution in [0.1, 0.15) is 30.0 Å². The number of anilines is 2. The van der Waals surface area contributed by atoms with Crippen molar-refractivity contribution in [2.75, 3.05) is 16.5 Å². The minimum atomic E-state index is -1.12. The molecule has 2 aromatic carbocycles. The van der Waals surface area contributed by atoms with Crippen LogP contribution in [0.25, 0.3) is 0 Å². The zero-order valence-electron chi connectivity index (χ0n) is 20.3. The summed E-state index contributed by atoms with van der Waals surface area (Å²) in [5.41, 5.74) is 4.66. The molecule has 2 N–H and O–H groups in total. The Balaban J connectivity index is 1.56. The molecule has 11 heteroatoms. The summed E-state index contributed by atoms with van der Waals surface area (Å²) in [6, 6.07) is 15.1. The molecule has 0 radical (unpaired) electrons. The van der Waals surface area contributed by atoms with Crippen LogP contribution < -0.4 is 15.3 Å². The largest absolute Gasteiger partial charge is 0.481 e. The first-order chi connectivity index (χ1) is 18.4. The summed E-state index contributed by atoms with van der Waals surface area (Å²) >= 11 is 0. The van der Waals surface area contributed by atoms with Gasteiger partial charge in [0.15, 0.2) is 0 Å². The van der Waals surface area contributed by atoms with E-state index in [0.29, 0.717) is 30.6 Å². The highest BCUT2D eigenvalue weighted by Gasteiger charge is 2.39. The zero-order chi connectivity index (χ0) is 27.1. The molecule has 0 spiro atoms. The molecular weight excluding hydrogens is 493 g/mol. The number of benzene rings is 2. The maximum Gasteiger partial charge on any atom is 0.305 e. The van der Waals surface area contributed by atoms with Crippen molar-refractivity contribution >= 4 is 36.1 Å². The van der Waals surface area contributed by atoms with Crippen LogP contribution in [0.15, 0.2) is 73.1 Å². The van der Waals surface area contributed by atoms with E-state index in [1.165, 1.54) is 39.3 Å². The van der Waals surface area contributed by atoms with Crippen molar-refractivity contribution in [2.24, 2.45) is 0 Å². The predicted molar refractivity (Wildman–Crippen MR) is 136 cm³/mol. The molecule has 38 heavy (non-hydrogen) atoms. The highest BCUT2D eigenvalue weighted by atomic mass is 19.1. The number of carbonyl (C=O) groups is 4. The number of carboxylic acid groups (broad SMARTS) is 1. The molecule has 3 aromatic rings. The smallest absolute Gasteiger partial charge is 0.305 e. The molecule has 0 bridgehead atoms. The Hall–Kier alpha value is -4.64. The predicted octanol–water partition coefficient (Wildman–Crippen LogP) is 2.67. The summed E-state index contributed by atoms with van der Waals surface area (Å²) in [7, 11) is 0. The maximum atomic E-state index is 14.9. The number of aliphatic carboxylic acids is 1. The van der Waals surface area contributed by atoms with Gasteiger partial charge in [-0.15, -0.1) is 0 Å². The lowest BCUT2D eigenvalue weighted by atomic mass is 10.0. The van der Waals surface area contributed by atoms with Crippen LogP contribution in [-0.2, 0) is 25.7 Å². The van der Waals surface area contributed by atoms with Gasteiger partial charge in [-0.25, -0.2) is 14.8 Å². The normalized spacial score (nSPS) is 15.7. The van der Waals surface area contributed by atoms with Crippen molar-refractivity contribution in [1.82, 2.24) is 15.3 Å². The molecule has 2 unspecified atom stereocenters. The third-order valence-electron chi connectivity index (χ3n) is 6.35. The standard InChI is InChI=1S/C27H26FN5O5/c28-23-9-8-21(33(18-35)30-14-19-5-2-1-3-6-19)11-25(23)31-16-22(12-26(31)36)32(17-34)24(13-27(37)38)20-7-4-10-29-15-20/h1-11,15,17-18,22,24,30H,12-14,16H2,(H,37,38). The minimum Gasteiger partial charge on any atom is -0.481 e. The number of nitrogens with zero attached hydrogens (tertiary/aromatic N) is 4. The van der Waals surface area contributed by atoms with E-state index in [4.69, 9.17) is 0 Å². The Morgan fingerprint density at radius 2 is 1.95 bits per heavy atom. The SMILES string of the molecule is O=CN(NCc1ccccc1)c1ccc(F)c(N2CC(N(C=O)C(CC(=O)O)c3cccnc3)CC2=O)c1. The van der Waals surface area contributed by atoms with Gasteiger partial charge < -0.3 is 14.9 Å². The van der Waals surface area contributed by atoms with Gasteiger partial charge in [0.05, 0.1) is 29.9 Å². The van der Waals surface area contributed by atoms with E-state index in [-0.39, 0.29) is 25.1 Å². The van der Waals surface area contributed by atoms with Crippen molar-refractivity contribution in [3.63, 3.8) is 0 Å². The van der Waals surface area contributed by atoms with E-state index < -0.39 is 29.8 Å². The molecule has 1 aliphatic rings. The van der Waals surface area contributed by atoms with E-state index in [1.54, 1.807) is 12.1 Å². The topological polar surface area (TPSA) is 123 Å². The lowest BCUT2D eigenvalue weighted by molar-refractivity contribution is -0.139. The number of rotatable bonds is 12. The van der Waals surface area contributed by atoms with E-state index in [0.717, 1.165) is 11.6 Å². The van der Waals surface area contributed by atoms with Crippen LogP contribution in [-0.4, -0.2) is 52.3 Å². The van der Waals surface area contributed by atoms with Crippen molar-refractivity contribution in [2.45, 2.75) is 31.5 Å². The van der Waals surface area contributed by atoms with Gasteiger partial charge in [-0.1, -0.05) is 36.4 Å². The number of hydrogen-bond acceptors (Lipinski definition) is 6. The molecule has 196 valence electrons. The second-order valence-electron chi connectivity index (χ2n) is 8.75. The summed E-state index contributed by atoms with van der Waals surface area (Å²) in [6.45, 7) is 0.289. The Bertz CT molecular complexity index is 1290. The van der Waals surface area contributed by atoms with Crippen LogP contribution in [0.4, 0.5) is 15.8 Å². The van der Waals surface area contributed by atoms with Gasteiger partial charge in [0, 0.05) is 31.9 Å². The molecule has 1 fully saturated rings. The molecule has 1 aromatic heterocycles. The first-order valence-electron chi connectivity index (χ1n) is 11.9. The zero-order valence-corrected chi connectivity index (χ0v) is 20.3. The molecule has 2 heterocycles. The Labute approximate surface area is 218 Å². The van der Waals surface area contributed by atoms with Gasteiger partial charge in [0.25, 0.3) is 0 Å². The number of hydrazine groups is 1. The average Bonchev–Trinajstić information content (AvgIpc) is 3.31. The van der Waals surface area contributed by atoms with Crippen LogP contribution >= 0.6 is 0 Å². The molecule has 1 aliphatic heterocycles. The molecular formula is C27H26FN5O5. The van der Waals surface area contributed by atoms with E-state index in [2.05, 4.69) is 10.4 Å². The Morgan fingerprint density at radius 3 is 2.61 bits per heavy atom. The van der Waals surface area contributed by atoms with Crippen LogP contribution in [0.3, 0.4) is 0 Å². The molecule has 3 amide bonds. The van der Waals surface area contributed by atoms with Gasteiger partial charge in [-0.2, -0.15) is 0 Å². The fourth-order valence-corrected chi connectivity index (χ4v) is 4.49. The van der Waals surface area contributed by atoms with Crippen molar-refractivity contribution in [3.05, 3.63) is 90.0 Å². The quantitative estimate of drug-likeness (QED) is 0.279. The number of carboxylic acids is 1. The number of aromatic nitrogens is 1. The number of hydrogen-bond donors (Lipinski definition) is 2. The summed E-state index contributed by atoms with van der Waals surface area (Å²) in [6.07, 6.45) is 3.55. The Morgan fingerprint density at radius 1 is 1.16 bits per heavy atom. The fraction of sp³-hybridized carbons (Fsp3) is 0.222. The molecule has 1 saturated heterocycles. The highest BCUT2D eigenvalue weighted by molar-refractivity contribution is 5.97. The first-order valence-corrected chi connectivity index (χ1v) is 11.9. The van der Waals surface area contributed by atoms with E-state index in [9.17, 15) is 28.7 Å². The number of halogens is 1. The van der Waals surface area contributed by atoms with Crippen LogP contribution in [0.5, 0.6) is 0 Å². The number of carbonyl (C=O) groups excluding carboxylic acids is 3. The van der Waals surface area contributed by atoms with Gasteiger partial charge in [-0.05, 0) is 35.4 Å². The van der Waals surface area contributed by atoms with Gasteiger partial charge in [0.1, 0.15) is 5.82 Å². The monoisotopic (exact) mass is 519 g/mol. The molecule has 10 nitrogen and oxygen atoms in total. The number of amides is 3. The Kier molecular flexibility index (Phi) is 8.39. The van der Waals surface area contributed by atoms with Crippen LogP contribution in [0.2, 0.25) is 0 Å². The number of nitrogens with one attached hydrogen (secondary N) is 1. The van der Waals surface area contributed by atoms with E-state index >= 15 is 0 Å². The summed E-state index contributed by atoms with van der Waals surface area (Å²) < 4.78 is 14.9. The third kappa shape index (κ3) is 6.01. The van der Waals surface area contributed by atoms with Gasteiger partial charge in [0.2, 0.25) is 18.7 Å². The molecule has 0 aliphatic carbocycles. The van der Waals surface area contributed by atoms with Crippen molar-refractivity contribution in [3.8, 4) is 0 Å². The second-order valence-corrected chi connectivity index (χ2v) is 8.75. The van der Waals surface area contributed by atoms with E-state index in [1.807, 2.05) is 30.3 Å². The second kappa shape index (κ2) is 12.1.